The summed E-state index contributed by atoms with van der Waals surface area (Å²) >= 11 is 0. The summed E-state index contributed by atoms with van der Waals surface area (Å²) in [5.41, 5.74) is 0.477. The van der Waals surface area contributed by atoms with E-state index in [9.17, 15) is 0 Å². The van der Waals surface area contributed by atoms with Crippen LogP contribution >= 0.6 is 0 Å². The van der Waals surface area contributed by atoms with Gasteiger partial charge in [-0.2, -0.15) is 0 Å². The molecule has 0 aromatic rings. The van der Waals surface area contributed by atoms with Gasteiger partial charge in [-0.15, -0.1) is 0 Å². The zero-order chi connectivity index (χ0) is 11.7. The Morgan fingerprint density at radius 2 is 1.88 bits per heavy atom. The van der Waals surface area contributed by atoms with Crippen molar-refractivity contribution in [1.29, 1.82) is 0 Å². The van der Waals surface area contributed by atoms with Crippen molar-refractivity contribution in [2.24, 2.45) is 5.92 Å². The molecule has 0 aromatic heterocycles. The Morgan fingerprint density at radius 1 is 1.06 bits per heavy atom. The summed E-state index contributed by atoms with van der Waals surface area (Å²) in [6.07, 6.45) is 12.9. The van der Waals surface area contributed by atoms with Crippen LogP contribution in [-0.4, -0.2) is 24.2 Å². The molecule has 2 heteroatoms. The van der Waals surface area contributed by atoms with E-state index >= 15 is 0 Å². The average molecular weight is 236 g/mol. The quantitative estimate of drug-likeness (QED) is 0.787. The SMILES string of the molecule is CC1(NCC2CCC3CCCCC3N2)CCC1. The van der Waals surface area contributed by atoms with Gasteiger partial charge in [0.05, 0.1) is 0 Å². The lowest BCUT2D eigenvalue weighted by Gasteiger charge is -2.44. The molecule has 3 unspecified atom stereocenters. The highest BCUT2D eigenvalue weighted by Crippen LogP contribution is 2.33. The molecule has 2 saturated carbocycles. The van der Waals surface area contributed by atoms with Crippen LogP contribution in [0.4, 0.5) is 0 Å². The first-order valence-corrected chi connectivity index (χ1v) is 7.76. The molecule has 1 aliphatic heterocycles. The second-order valence-electron chi connectivity index (χ2n) is 6.89. The summed E-state index contributed by atoms with van der Waals surface area (Å²) in [5.74, 6) is 0.999. The highest BCUT2D eigenvalue weighted by atomic mass is 15.1. The third kappa shape index (κ3) is 2.68. The van der Waals surface area contributed by atoms with Gasteiger partial charge in [0.1, 0.15) is 0 Å². The second-order valence-corrected chi connectivity index (χ2v) is 6.89. The van der Waals surface area contributed by atoms with Gasteiger partial charge in [0.25, 0.3) is 0 Å². The summed E-state index contributed by atoms with van der Waals surface area (Å²) in [6, 6.07) is 1.59. The first-order chi connectivity index (χ1) is 8.25. The first kappa shape index (κ1) is 12.0. The van der Waals surface area contributed by atoms with Gasteiger partial charge in [0, 0.05) is 24.2 Å². The Hall–Kier alpha value is -0.0800. The van der Waals surface area contributed by atoms with E-state index < -0.39 is 0 Å². The standard InChI is InChI=1S/C15H28N2/c1-15(9-4-10-15)16-11-13-8-7-12-5-2-3-6-14(12)17-13/h12-14,16-17H,2-11H2,1H3. The third-order valence-electron chi connectivity index (χ3n) is 5.48. The van der Waals surface area contributed by atoms with Crippen LogP contribution in [0, 0.1) is 5.92 Å². The molecule has 3 aliphatic rings. The lowest BCUT2D eigenvalue weighted by Crippen LogP contribution is -2.57. The van der Waals surface area contributed by atoms with Crippen LogP contribution < -0.4 is 10.6 Å². The van der Waals surface area contributed by atoms with E-state index in [0.29, 0.717) is 5.54 Å². The van der Waals surface area contributed by atoms with Crippen molar-refractivity contribution < 1.29 is 0 Å². The summed E-state index contributed by atoms with van der Waals surface area (Å²) in [6.45, 7) is 3.59. The third-order valence-corrected chi connectivity index (χ3v) is 5.48. The second kappa shape index (κ2) is 4.89. The molecule has 0 amide bonds. The molecular formula is C15H28N2. The molecule has 98 valence electrons. The lowest BCUT2D eigenvalue weighted by atomic mass is 9.76. The average Bonchev–Trinajstić information content (AvgIpc) is 2.34. The molecule has 0 spiro atoms. The summed E-state index contributed by atoms with van der Waals surface area (Å²) in [7, 11) is 0. The van der Waals surface area contributed by atoms with Gasteiger partial charge in [0.15, 0.2) is 0 Å². The molecular weight excluding hydrogens is 208 g/mol. The largest absolute Gasteiger partial charge is 0.310 e. The maximum atomic E-state index is 3.91. The Balaban J connectivity index is 1.45. The fraction of sp³-hybridized carbons (Fsp3) is 1.00. The maximum absolute atomic E-state index is 3.91. The van der Waals surface area contributed by atoms with Crippen molar-refractivity contribution in [3.05, 3.63) is 0 Å². The summed E-state index contributed by atoms with van der Waals surface area (Å²) in [4.78, 5) is 0. The van der Waals surface area contributed by atoms with Crippen molar-refractivity contribution >= 4 is 0 Å². The van der Waals surface area contributed by atoms with E-state index in [1.165, 1.54) is 64.3 Å². The molecule has 2 nitrogen and oxygen atoms in total. The van der Waals surface area contributed by atoms with E-state index in [-0.39, 0.29) is 0 Å². The van der Waals surface area contributed by atoms with E-state index in [0.717, 1.165) is 18.0 Å². The number of piperidine rings is 1. The minimum Gasteiger partial charge on any atom is -0.310 e. The summed E-state index contributed by atoms with van der Waals surface area (Å²) in [5, 5.41) is 7.71. The van der Waals surface area contributed by atoms with E-state index in [4.69, 9.17) is 0 Å². The fourth-order valence-electron chi connectivity index (χ4n) is 3.99. The topological polar surface area (TPSA) is 24.1 Å². The van der Waals surface area contributed by atoms with Crippen LogP contribution in [0.15, 0.2) is 0 Å². The van der Waals surface area contributed by atoms with E-state index in [2.05, 4.69) is 17.6 Å². The molecule has 0 bridgehead atoms. The van der Waals surface area contributed by atoms with Crippen LogP contribution in [0.3, 0.4) is 0 Å². The van der Waals surface area contributed by atoms with Gasteiger partial charge in [0.2, 0.25) is 0 Å². The zero-order valence-electron chi connectivity index (χ0n) is 11.3. The van der Waals surface area contributed by atoms with Gasteiger partial charge >= 0.3 is 0 Å². The van der Waals surface area contributed by atoms with Crippen LogP contribution in [0.1, 0.15) is 64.7 Å². The Morgan fingerprint density at radius 3 is 2.65 bits per heavy atom. The van der Waals surface area contributed by atoms with Gasteiger partial charge < -0.3 is 10.6 Å². The number of nitrogens with one attached hydrogen (secondary N) is 2. The van der Waals surface area contributed by atoms with Crippen LogP contribution in [0.25, 0.3) is 0 Å². The molecule has 3 rings (SSSR count). The fourth-order valence-corrected chi connectivity index (χ4v) is 3.99. The molecule has 3 atom stereocenters. The van der Waals surface area contributed by atoms with Crippen LogP contribution in [0.5, 0.6) is 0 Å². The number of fused-ring (bicyclic) bond motifs is 1. The Bertz CT molecular complexity index is 260. The van der Waals surface area contributed by atoms with Crippen molar-refractivity contribution in [3.63, 3.8) is 0 Å². The smallest absolute Gasteiger partial charge is 0.0195 e. The molecule has 17 heavy (non-hydrogen) atoms. The molecule has 1 heterocycles. The zero-order valence-corrected chi connectivity index (χ0v) is 11.3. The number of hydrogen-bond acceptors (Lipinski definition) is 2. The summed E-state index contributed by atoms with van der Waals surface area (Å²) < 4.78 is 0. The molecule has 0 aromatic carbocycles. The van der Waals surface area contributed by atoms with Crippen molar-refractivity contribution in [2.45, 2.75) is 82.3 Å². The number of rotatable bonds is 3. The normalized spacial score (nSPS) is 40.4. The minimum atomic E-state index is 0.477. The van der Waals surface area contributed by atoms with Gasteiger partial charge in [-0.1, -0.05) is 12.8 Å². The van der Waals surface area contributed by atoms with Crippen molar-refractivity contribution in [2.75, 3.05) is 6.54 Å². The van der Waals surface area contributed by atoms with E-state index in [1.807, 2.05) is 0 Å². The predicted octanol–water partition coefficient (Wildman–Crippen LogP) is 2.83. The van der Waals surface area contributed by atoms with Gasteiger partial charge in [-0.3, -0.25) is 0 Å². The molecule has 2 aliphatic carbocycles. The van der Waals surface area contributed by atoms with Crippen molar-refractivity contribution in [1.82, 2.24) is 10.6 Å². The molecule has 2 N–H and O–H groups in total. The Labute approximate surface area is 106 Å². The predicted molar refractivity (Wildman–Crippen MR) is 72.2 cm³/mol. The van der Waals surface area contributed by atoms with Crippen LogP contribution in [-0.2, 0) is 0 Å². The van der Waals surface area contributed by atoms with Crippen molar-refractivity contribution in [3.8, 4) is 0 Å². The first-order valence-electron chi connectivity index (χ1n) is 7.76. The molecule has 0 radical (unpaired) electrons. The minimum absolute atomic E-state index is 0.477. The molecule has 3 fully saturated rings. The molecule has 1 saturated heterocycles. The van der Waals surface area contributed by atoms with E-state index in [1.54, 1.807) is 0 Å². The highest BCUT2D eigenvalue weighted by molar-refractivity contribution is 4.95. The lowest BCUT2D eigenvalue weighted by molar-refractivity contribution is 0.151. The Kier molecular flexibility index (Phi) is 3.45. The van der Waals surface area contributed by atoms with Gasteiger partial charge in [-0.05, 0) is 57.8 Å². The van der Waals surface area contributed by atoms with Crippen LogP contribution in [0.2, 0.25) is 0 Å². The highest BCUT2D eigenvalue weighted by Gasteiger charge is 2.34. The van der Waals surface area contributed by atoms with Gasteiger partial charge in [-0.25, -0.2) is 0 Å². The number of hydrogen-bond donors (Lipinski definition) is 2. The maximum Gasteiger partial charge on any atom is 0.0195 e. The monoisotopic (exact) mass is 236 g/mol.